The summed E-state index contributed by atoms with van der Waals surface area (Å²) in [6, 6.07) is 7.01. The normalized spacial score (nSPS) is 21.0. The minimum Gasteiger partial charge on any atom is -0.448 e. The van der Waals surface area contributed by atoms with Gasteiger partial charge in [0.2, 0.25) is 0 Å². The Morgan fingerprint density at radius 2 is 1.75 bits per heavy atom. The van der Waals surface area contributed by atoms with Crippen molar-refractivity contribution < 1.29 is 27.1 Å². The number of ether oxygens (including phenoxy) is 1. The van der Waals surface area contributed by atoms with Crippen LogP contribution in [-0.4, -0.2) is 65.2 Å². The zero-order valence-electron chi connectivity index (χ0n) is 19.9. The molecule has 4 heterocycles. The number of urea groups is 1. The van der Waals surface area contributed by atoms with Gasteiger partial charge in [0.05, 0.1) is 24.7 Å². The minimum atomic E-state index is -4.40. The molecule has 3 aromatic rings. The largest absolute Gasteiger partial charge is 0.448 e. The summed E-state index contributed by atoms with van der Waals surface area (Å²) in [4.78, 5) is 25.8. The Labute approximate surface area is 206 Å². The molecule has 190 valence electrons. The van der Waals surface area contributed by atoms with Crippen LogP contribution in [0.25, 0.3) is 11.3 Å². The number of piperidine rings is 1. The molecule has 0 N–H and O–H groups in total. The van der Waals surface area contributed by atoms with Crippen LogP contribution in [0.3, 0.4) is 0 Å². The molecule has 1 aromatic carbocycles. The molecule has 0 bridgehead atoms. The number of aryl methyl sites for hydroxylation is 1. The van der Waals surface area contributed by atoms with E-state index in [2.05, 4.69) is 4.98 Å². The zero-order valence-corrected chi connectivity index (χ0v) is 19.9. The SMILES string of the molecule is Cc1ccncc1-c1coc(C2CC(c3ccc(C(F)(F)F)cc3)CN(C(=O)N3CCOCC3)C2)n1. The molecule has 0 saturated carbocycles. The van der Waals surface area contributed by atoms with Gasteiger partial charge in [0, 0.05) is 50.1 Å². The third-order valence-electron chi connectivity index (χ3n) is 6.90. The number of rotatable bonds is 3. The maximum atomic E-state index is 13.4. The average Bonchev–Trinajstić information content (AvgIpc) is 3.38. The van der Waals surface area contributed by atoms with Crippen LogP contribution >= 0.6 is 0 Å². The summed E-state index contributed by atoms with van der Waals surface area (Å²) in [7, 11) is 0. The Balaban J connectivity index is 1.42. The molecule has 0 aliphatic carbocycles. The Kier molecular flexibility index (Phi) is 6.70. The van der Waals surface area contributed by atoms with E-state index in [1.165, 1.54) is 12.1 Å². The second kappa shape index (κ2) is 9.93. The summed E-state index contributed by atoms with van der Waals surface area (Å²) in [5.74, 6) is 0.137. The van der Waals surface area contributed by atoms with Crippen LogP contribution in [0, 0.1) is 6.92 Å². The smallest absolute Gasteiger partial charge is 0.416 e. The lowest BCUT2D eigenvalue weighted by atomic mass is 9.84. The first-order valence-electron chi connectivity index (χ1n) is 11.9. The molecule has 2 unspecified atom stereocenters. The number of alkyl halides is 3. The van der Waals surface area contributed by atoms with E-state index in [1.54, 1.807) is 28.5 Å². The van der Waals surface area contributed by atoms with Crippen molar-refractivity contribution in [3.05, 3.63) is 71.6 Å². The van der Waals surface area contributed by atoms with Gasteiger partial charge in [-0.05, 0) is 42.7 Å². The first-order valence-corrected chi connectivity index (χ1v) is 11.9. The Hall–Kier alpha value is -3.40. The fraction of sp³-hybridized carbons (Fsp3) is 0.423. The van der Waals surface area contributed by atoms with E-state index in [9.17, 15) is 18.0 Å². The quantitative estimate of drug-likeness (QED) is 0.501. The molecule has 2 atom stereocenters. The van der Waals surface area contributed by atoms with Crippen LogP contribution in [0.4, 0.5) is 18.0 Å². The fourth-order valence-corrected chi connectivity index (χ4v) is 4.91. The lowest BCUT2D eigenvalue weighted by Gasteiger charge is -2.40. The van der Waals surface area contributed by atoms with Gasteiger partial charge in [-0.25, -0.2) is 9.78 Å². The number of oxazole rings is 1. The van der Waals surface area contributed by atoms with Crippen molar-refractivity contribution in [3.8, 4) is 11.3 Å². The van der Waals surface area contributed by atoms with Gasteiger partial charge in [0.25, 0.3) is 0 Å². The van der Waals surface area contributed by atoms with Crippen molar-refractivity contribution in [2.75, 3.05) is 39.4 Å². The summed E-state index contributed by atoms with van der Waals surface area (Å²) in [5, 5.41) is 0. The van der Waals surface area contributed by atoms with Gasteiger partial charge in [-0.15, -0.1) is 0 Å². The second-order valence-electron chi connectivity index (χ2n) is 9.30. The Morgan fingerprint density at radius 3 is 2.44 bits per heavy atom. The molecule has 2 aliphatic rings. The molecular weight excluding hydrogens is 473 g/mol. The van der Waals surface area contributed by atoms with Gasteiger partial charge in [-0.2, -0.15) is 13.2 Å². The third-order valence-corrected chi connectivity index (χ3v) is 6.90. The minimum absolute atomic E-state index is 0.102. The highest BCUT2D eigenvalue weighted by molar-refractivity contribution is 5.75. The van der Waals surface area contributed by atoms with Crippen LogP contribution in [0.15, 0.2) is 53.4 Å². The van der Waals surface area contributed by atoms with Crippen LogP contribution in [0.5, 0.6) is 0 Å². The number of amides is 2. The lowest BCUT2D eigenvalue weighted by Crippen LogP contribution is -2.52. The maximum Gasteiger partial charge on any atom is 0.416 e. The van der Waals surface area contributed by atoms with Crippen molar-refractivity contribution >= 4 is 6.03 Å². The Bertz CT molecular complexity index is 1210. The first-order chi connectivity index (χ1) is 17.3. The van der Waals surface area contributed by atoms with Crippen molar-refractivity contribution in [1.29, 1.82) is 0 Å². The number of pyridine rings is 1. The number of halogens is 3. The molecule has 2 fully saturated rings. The zero-order chi connectivity index (χ0) is 25.3. The standard InChI is InChI=1S/C26H27F3N4O3/c1-17-6-7-30-13-22(17)23-16-36-24(31-23)20-12-19(18-2-4-21(5-3-18)26(27,28)29)14-33(15-20)25(34)32-8-10-35-11-9-32/h2-7,13,16,19-20H,8-12,14-15H2,1H3. The maximum absolute atomic E-state index is 13.4. The van der Waals surface area contributed by atoms with Crippen LogP contribution in [0.2, 0.25) is 0 Å². The summed E-state index contributed by atoms with van der Waals surface area (Å²) in [5.41, 5.74) is 2.61. The van der Waals surface area contributed by atoms with Crippen molar-refractivity contribution in [2.45, 2.75) is 31.4 Å². The van der Waals surface area contributed by atoms with Crippen LogP contribution in [0.1, 0.15) is 40.8 Å². The Morgan fingerprint density at radius 1 is 1.03 bits per heavy atom. The number of hydrogen-bond acceptors (Lipinski definition) is 5. The van der Waals surface area contributed by atoms with Crippen LogP contribution < -0.4 is 0 Å². The molecular formula is C26H27F3N4O3. The molecule has 2 aromatic heterocycles. The molecule has 2 saturated heterocycles. The van der Waals surface area contributed by atoms with E-state index in [0.717, 1.165) is 28.8 Å². The number of hydrogen-bond donors (Lipinski definition) is 0. The van der Waals surface area contributed by atoms with E-state index < -0.39 is 11.7 Å². The van der Waals surface area contributed by atoms with Crippen molar-refractivity contribution in [3.63, 3.8) is 0 Å². The summed E-state index contributed by atoms with van der Waals surface area (Å²) in [6.07, 6.45) is 1.24. The van der Waals surface area contributed by atoms with Crippen molar-refractivity contribution in [1.82, 2.24) is 19.8 Å². The van der Waals surface area contributed by atoms with Gasteiger partial charge >= 0.3 is 12.2 Å². The van der Waals surface area contributed by atoms with Gasteiger partial charge in [0.1, 0.15) is 12.0 Å². The van der Waals surface area contributed by atoms with Gasteiger partial charge in [-0.3, -0.25) is 4.98 Å². The fourth-order valence-electron chi connectivity index (χ4n) is 4.91. The molecule has 0 radical (unpaired) electrons. The highest BCUT2D eigenvalue weighted by atomic mass is 19.4. The van der Waals surface area contributed by atoms with Crippen molar-refractivity contribution in [2.24, 2.45) is 0 Å². The van der Waals surface area contributed by atoms with E-state index in [1.807, 2.05) is 13.0 Å². The molecule has 36 heavy (non-hydrogen) atoms. The number of nitrogens with zero attached hydrogens (tertiary/aromatic N) is 4. The predicted molar refractivity (Wildman–Crippen MR) is 125 cm³/mol. The molecule has 0 spiro atoms. The molecule has 2 aliphatic heterocycles. The van der Waals surface area contributed by atoms with E-state index in [-0.39, 0.29) is 17.9 Å². The number of likely N-dealkylation sites (tertiary alicyclic amines) is 1. The molecule has 10 heteroatoms. The van der Waals surface area contributed by atoms with Gasteiger partial charge < -0.3 is 19.0 Å². The van der Waals surface area contributed by atoms with E-state index in [0.29, 0.717) is 57.4 Å². The number of aromatic nitrogens is 2. The summed E-state index contributed by atoms with van der Waals surface area (Å²) < 4.78 is 50.5. The van der Waals surface area contributed by atoms with E-state index >= 15 is 0 Å². The van der Waals surface area contributed by atoms with Crippen LogP contribution in [-0.2, 0) is 10.9 Å². The van der Waals surface area contributed by atoms with Gasteiger partial charge in [-0.1, -0.05) is 12.1 Å². The third kappa shape index (κ3) is 5.09. The number of carbonyl (C=O) groups is 1. The summed E-state index contributed by atoms with van der Waals surface area (Å²) in [6.45, 7) is 4.78. The molecule has 5 rings (SSSR count). The highest BCUT2D eigenvalue weighted by Crippen LogP contribution is 2.38. The number of morpholine rings is 1. The topological polar surface area (TPSA) is 71.7 Å². The number of benzene rings is 1. The molecule has 7 nitrogen and oxygen atoms in total. The first kappa shape index (κ1) is 24.3. The highest BCUT2D eigenvalue weighted by Gasteiger charge is 2.37. The number of carbonyl (C=O) groups excluding carboxylic acids is 1. The average molecular weight is 501 g/mol. The second-order valence-corrected chi connectivity index (χ2v) is 9.30. The predicted octanol–water partition coefficient (Wildman–Crippen LogP) is 5.09. The monoisotopic (exact) mass is 500 g/mol. The van der Waals surface area contributed by atoms with Gasteiger partial charge in [0.15, 0.2) is 5.89 Å². The lowest BCUT2D eigenvalue weighted by molar-refractivity contribution is -0.137. The van der Waals surface area contributed by atoms with E-state index in [4.69, 9.17) is 14.1 Å². The molecule has 2 amide bonds. The summed E-state index contributed by atoms with van der Waals surface area (Å²) >= 11 is 0.